The molecule has 0 bridgehead atoms. The van der Waals surface area contributed by atoms with E-state index in [4.69, 9.17) is 16.3 Å². The first kappa shape index (κ1) is 21.4. The van der Waals surface area contributed by atoms with E-state index in [2.05, 4.69) is 5.32 Å². The Morgan fingerprint density at radius 3 is 2.60 bits per heavy atom. The van der Waals surface area contributed by atoms with Gasteiger partial charge in [-0.05, 0) is 30.2 Å². The Labute approximate surface area is 178 Å². The van der Waals surface area contributed by atoms with Crippen LogP contribution in [0.5, 0.6) is 5.75 Å². The van der Waals surface area contributed by atoms with Crippen LogP contribution in [0.4, 0.5) is 5.69 Å². The number of nitrogens with one attached hydrogen (secondary N) is 1. The van der Waals surface area contributed by atoms with Crippen LogP contribution in [0.2, 0.25) is 5.02 Å². The average Bonchev–Trinajstić information content (AvgIpc) is 2.73. The van der Waals surface area contributed by atoms with Crippen LogP contribution in [0.1, 0.15) is 18.9 Å². The lowest BCUT2D eigenvalue weighted by molar-refractivity contribution is -0.116. The molecule has 0 saturated carbocycles. The number of hydrogen-bond donors (Lipinski definition) is 1. The van der Waals surface area contributed by atoms with E-state index in [0.717, 1.165) is 16.6 Å². The van der Waals surface area contributed by atoms with E-state index in [0.29, 0.717) is 29.6 Å². The Morgan fingerprint density at radius 1 is 1.10 bits per heavy atom. The van der Waals surface area contributed by atoms with Crippen molar-refractivity contribution in [2.75, 3.05) is 11.9 Å². The summed E-state index contributed by atoms with van der Waals surface area (Å²) in [6.45, 7) is 2.32. The minimum absolute atomic E-state index is 0.296. The normalized spacial score (nSPS) is 10.6. The molecule has 8 heteroatoms. The van der Waals surface area contributed by atoms with Gasteiger partial charge in [0.15, 0.2) is 0 Å². The van der Waals surface area contributed by atoms with E-state index in [-0.39, 0.29) is 0 Å². The molecule has 0 aliphatic rings. The molecule has 0 atom stereocenters. The van der Waals surface area contributed by atoms with Crippen molar-refractivity contribution in [3.05, 3.63) is 92.2 Å². The van der Waals surface area contributed by atoms with Crippen LogP contribution < -0.4 is 21.3 Å². The van der Waals surface area contributed by atoms with Crippen LogP contribution in [0.25, 0.3) is 0 Å². The summed E-state index contributed by atoms with van der Waals surface area (Å²) in [5.41, 5.74) is 0.184. The molecule has 0 spiro atoms. The second-order valence-corrected chi connectivity index (χ2v) is 7.11. The Balaban J connectivity index is 1.80. The minimum atomic E-state index is -0.560. The fourth-order valence-electron chi connectivity index (χ4n) is 2.87. The lowest BCUT2D eigenvalue weighted by atomic mass is 10.2. The van der Waals surface area contributed by atoms with Gasteiger partial charge < -0.3 is 10.1 Å². The van der Waals surface area contributed by atoms with Gasteiger partial charge >= 0.3 is 5.69 Å². The molecule has 30 heavy (non-hydrogen) atoms. The molecular weight excluding hydrogens is 406 g/mol. The second kappa shape index (κ2) is 9.93. The molecule has 0 aliphatic carbocycles. The lowest BCUT2D eigenvalue weighted by Crippen LogP contribution is -2.41. The van der Waals surface area contributed by atoms with Crippen LogP contribution in [0.3, 0.4) is 0 Å². The van der Waals surface area contributed by atoms with Crippen molar-refractivity contribution < 1.29 is 9.53 Å². The third-order valence-electron chi connectivity index (χ3n) is 4.31. The number of halogens is 1. The highest BCUT2D eigenvalue weighted by molar-refractivity contribution is 6.31. The fraction of sp³-hybridized carbons (Fsp3) is 0.227. The smallest absolute Gasteiger partial charge is 0.331 e. The molecular formula is C22H22ClN3O4. The molecule has 1 aromatic heterocycles. The number of carbonyl (C=O) groups excluding carboxylic acids is 1. The maximum absolute atomic E-state index is 12.7. The second-order valence-electron chi connectivity index (χ2n) is 6.67. The van der Waals surface area contributed by atoms with E-state index in [1.54, 1.807) is 18.2 Å². The minimum Gasteiger partial charge on any atom is -0.491 e. The van der Waals surface area contributed by atoms with Gasteiger partial charge in [0.05, 0.1) is 18.8 Å². The number of anilines is 1. The first-order valence-electron chi connectivity index (χ1n) is 9.54. The van der Waals surface area contributed by atoms with Gasteiger partial charge in [-0.25, -0.2) is 4.79 Å². The molecule has 0 saturated heterocycles. The molecule has 7 nitrogen and oxygen atoms in total. The molecule has 0 unspecified atom stereocenters. The Hall–Kier alpha value is -3.32. The first-order chi connectivity index (χ1) is 14.5. The zero-order valence-electron chi connectivity index (χ0n) is 16.5. The third-order valence-corrected chi connectivity index (χ3v) is 4.55. The van der Waals surface area contributed by atoms with Gasteiger partial charge in [0.2, 0.25) is 5.91 Å². The van der Waals surface area contributed by atoms with Crippen molar-refractivity contribution in [2.24, 2.45) is 0 Å². The van der Waals surface area contributed by atoms with Crippen LogP contribution >= 0.6 is 11.6 Å². The fourth-order valence-corrected chi connectivity index (χ4v) is 3.05. The number of nitrogens with zero attached hydrogens (tertiary/aromatic N) is 2. The predicted molar refractivity (Wildman–Crippen MR) is 116 cm³/mol. The van der Waals surface area contributed by atoms with Crippen LogP contribution in [-0.2, 0) is 17.9 Å². The van der Waals surface area contributed by atoms with Crippen molar-refractivity contribution >= 4 is 23.2 Å². The molecule has 1 heterocycles. The topological polar surface area (TPSA) is 82.3 Å². The number of ether oxygens (including phenoxy) is 1. The number of hydrogen-bond acceptors (Lipinski definition) is 4. The lowest BCUT2D eigenvalue weighted by Gasteiger charge is -2.13. The summed E-state index contributed by atoms with van der Waals surface area (Å²) in [4.78, 5) is 37.5. The molecule has 0 radical (unpaired) electrons. The summed E-state index contributed by atoms with van der Waals surface area (Å²) < 4.78 is 7.90. The van der Waals surface area contributed by atoms with Crippen molar-refractivity contribution in [3.63, 3.8) is 0 Å². The monoisotopic (exact) mass is 427 g/mol. The highest BCUT2D eigenvalue weighted by Gasteiger charge is 2.13. The summed E-state index contributed by atoms with van der Waals surface area (Å²) in [6, 6.07) is 15.5. The van der Waals surface area contributed by atoms with E-state index in [1.807, 2.05) is 37.3 Å². The van der Waals surface area contributed by atoms with Crippen molar-refractivity contribution in [2.45, 2.75) is 26.4 Å². The van der Waals surface area contributed by atoms with E-state index < -0.39 is 23.7 Å². The number of aromatic nitrogens is 2. The van der Waals surface area contributed by atoms with Gasteiger partial charge in [-0.15, -0.1) is 0 Å². The van der Waals surface area contributed by atoms with Gasteiger partial charge in [0, 0.05) is 17.3 Å². The SMILES string of the molecule is CCCOc1ccc(Cl)cc1NC(=O)Cn1c(=O)ccn(Cc2ccccc2)c1=O. The van der Waals surface area contributed by atoms with Crippen LogP contribution in [-0.4, -0.2) is 21.6 Å². The summed E-state index contributed by atoms with van der Waals surface area (Å²) in [5, 5.41) is 3.10. The highest BCUT2D eigenvalue weighted by Crippen LogP contribution is 2.28. The van der Waals surface area contributed by atoms with Gasteiger partial charge in [-0.2, -0.15) is 0 Å². The zero-order chi connectivity index (χ0) is 21.5. The van der Waals surface area contributed by atoms with Crippen molar-refractivity contribution in [1.29, 1.82) is 0 Å². The van der Waals surface area contributed by atoms with E-state index in [1.165, 1.54) is 16.8 Å². The number of benzene rings is 2. The Bertz CT molecular complexity index is 1140. The van der Waals surface area contributed by atoms with Crippen LogP contribution in [0.15, 0.2) is 70.4 Å². The van der Waals surface area contributed by atoms with E-state index in [9.17, 15) is 14.4 Å². The molecule has 3 aromatic rings. The first-order valence-corrected chi connectivity index (χ1v) is 9.92. The summed E-state index contributed by atoms with van der Waals surface area (Å²) >= 11 is 6.03. The van der Waals surface area contributed by atoms with Gasteiger partial charge in [-0.3, -0.25) is 18.7 Å². The summed E-state index contributed by atoms with van der Waals surface area (Å²) in [7, 11) is 0. The highest BCUT2D eigenvalue weighted by atomic mass is 35.5. The zero-order valence-corrected chi connectivity index (χ0v) is 17.3. The molecule has 1 amide bonds. The molecule has 0 aliphatic heterocycles. The molecule has 0 fully saturated rings. The van der Waals surface area contributed by atoms with Crippen molar-refractivity contribution in [1.82, 2.24) is 9.13 Å². The maximum atomic E-state index is 12.7. The molecule has 156 valence electrons. The van der Waals surface area contributed by atoms with Crippen molar-refractivity contribution in [3.8, 4) is 5.75 Å². The summed E-state index contributed by atoms with van der Waals surface area (Å²) in [5.74, 6) is -0.0632. The number of carbonyl (C=O) groups is 1. The molecule has 3 rings (SSSR count). The quantitative estimate of drug-likeness (QED) is 0.598. The van der Waals surface area contributed by atoms with Gasteiger partial charge in [0.25, 0.3) is 5.56 Å². The molecule has 1 N–H and O–H groups in total. The summed E-state index contributed by atoms with van der Waals surface area (Å²) in [6.07, 6.45) is 2.23. The molecule has 2 aromatic carbocycles. The van der Waals surface area contributed by atoms with Gasteiger partial charge in [-0.1, -0.05) is 48.9 Å². The Morgan fingerprint density at radius 2 is 1.87 bits per heavy atom. The standard InChI is InChI=1S/C22H22ClN3O4/c1-2-12-30-19-9-8-17(23)13-18(19)24-20(27)15-26-21(28)10-11-25(22(26)29)14-16-6-4-3-5-7-16/h3-11,13H,2,12,14-15H2,1H3,(H,24,27). The largest absolute Gasteiger partial charge is 0.491 e. The van der Waals surface area contributed by atoms with Gasteiger partial charge in [0.1, 0.15) is 12.3 Å². The average molecular weight is 428 g/mol. The number of rotatable bonds is 8. The Kier molecular flexibility index (Phi) is 7.08. The van der Waals surface area contributed by atoms with E-state index >= 15 is 0 Å². The van der Waals surface area contributed by atoms with Crippen LogP contribution in [0, 0.1) is 0 Å². The maximum Gasteiger partial charge on any atom is 0.331 e. The predicted octanol–water partition coefficient (Wildman–Crippen LogP) is 3.14. The third kappa shape index (κ3) is 5.39. The number of amides is 1.